The van der Waals surface area contributed by atoms with Crippen LogP contribution in [0, 0.1) is 11.3 Å². The van der Waals surface area contributed by atoms with E-state index >= 15 is 0 Å². The van der Waals surface area contributed by atoms with Crippen molar-refractivity contribution >= 4 is 11.9 Å². The third kappa shape index (κ3) is 5.70. The Bertz CT molecular complexity index is 926. The molecule has 1 N–H and O–H groups in total. The Morgan fingerprint density at radius 3 is 2.76 bits per heavy atom. The summed E-state index contributed by atoms with van der Waals surface area (Å²) in [7, 11) is 2.13. The van der Waals surface area contributed by atoms with Crippen LogP contribution in [0.3, 0.4) is 0 Å². The van der Waals surface area contributed by atoms with Gasteiger partial charge in [-0.05, 0) is 60.2 Å². The summed E-state index contributed by atoms with van der Waals surface area (Å²) in [6.45, 7) is 10.4. The molecule has 186 valence electrons. The number of amides is 1. The molecule has 4 rings (SSSR count). The van der Waals surface area contributed by atoms with E-state index in [9.17, 15) is 10.1 Å². The number of carbonyl (C=O) groups excluding carboxylic acids is 1. The smallest absolute Gasteiger partial charge is 0.410 e. The number of piperazine rings is 1. The Balaban J connectivity index is 1.54. The molecular weight excluding hydrogens is 434 g/mol. The molecule has 0 spiro atoms. The van der Waals surface area contributed by atoms with Gasteiger partial charge in [-0.3, -0.25) is 0 Å². The second kappa shape index (κ2) is 10.3. The van der Waals surface area contributed by atoms with Gasteiger partial charge in [-0.15, -0.1) is 0 Å². The molecule has 10 heteroatoms. The molecule has 3 aliphatic heterocycles. The SMILES string of the molecule is CN1CCCC1COc1nc2c(c(N3CCN(C(=O)OC(C)(C)C)C(CC#N)C3)n1)CCNC2. The summed E-state index contributed by atoms with van der Waals surface area (Å²) < 4.78 is 11.7. The predicted molar refractivity (Wildman–Crippen MR) is 128 cm³/mol. The zero-order valence-electron chi connectivity index (χ0n) is 20.8. The number of anilines is 1. The fourth-order valence-corrected chi connectivity index (χ4v) is 4.89. The van der Waals surface area contributed by atoms with Gasteiger partial charge in [0.15, 0.2) is 0 Å². The second-order valence-corrected chi connectivity index (χ2v) is 10.4. The molecule has 3 aliphatic rings. The summed E-state index contributed by atoms with van der Waals surface area (Å²) in [5, 5.41) is 12.8. The Morgan fingerprint density at radius 1 is 1.24 bits per heavy atom. The van der Waals surface area contributed by atoms with Crippen molar-refractivity contribution in [2.24, 2.45) is 0 Å². The average molecular weight is 472 g/mol. The van der Waals surface area contributed by atoms with Crippen LogP contribution >= 0.6 is 0 Å². The second-order valence-electron chi connectivity index (χ2n) is 10.4. The molecule has 0 radical (unpaired) electrons. The molecule has 1 aromatic heterocycles. The van der Waals surface area contributed by atoms with E-state index in [1.165, 1.54) is 6.42 Å². The minimum atomic E-state index is -0.580. The number of fused-ring (bicyclic) bond motifs is 1. The van der Waals surface area contributed by atoms with Crippen molar-refractivity contribution in [3.05, 3.63) is 11.3 Å². The molecule has 1 aromatic rings. The number of hydrogen-bond donors (Lipinski definition) is 1. The van der Waals surface area contributed by atoms with E-state index in [0.717, 1.165) is 43.0 Å². The van der Waals surface area contributed by atoms with Crippen LogP contribution < -0.4 is 15.0 Å². The topological polar surface area (TPSA) is 107 Å². The summed E-state index contributed by atoms with van der Waals surface area (Å²) in [6, 6.07) is 2.77. The predicted octanol–water partition coefficient (Wildman–Crippen LogP) is 1.93. The van der Waals surface area contributed by atoms with E-state index < -0.39 is 5.60 Å². The van der Waals surface area contributed by atoms with Gasteiger partial charge in [0.05, 0.1) is 24.2 Å². The minimum Gasteiger partial charge on any atom is -0.462 e. The van der Waals surface area contributed by atoms with Gasteiger partial charge in [-0.2, -0.15) is 15.2 Å². The van der Waals surface area contributed by atoms with Crippen LogP contribution in [-0.2, 0) is 17.7 Å². The van der Waals surface area contributed by atoms with E-state index in [-0.39, 0.29) is 18.6 Å². The third-order valence-corrected chi connectivity index (χ3v) is 6.71. The summed E-state index contributed by atoms with van der Waals surface area (Å²) >= 11 is 0. The highest BCUT2D eigenvalue weighted by Gasteiger charge is 2.35. The summed E-state index contributed by atoms with van der Waals surface area (Å²) in [6.07, 6.45) is 3.02. The molecule has 2 saturated heterocycles. The molecule has 0 aliphatic carbocycles. The van der Waals surface area contributed by atoms with E-state index in [2.05, 4.69) is 28.2 Å². The zero-order valence-corrected chi connectivity index (χ0v) is 20.8. The first-order chi connectivity index (χ1) is 16.2. The average Bonchev–Trinajstić information content (AvgIpc) is 3.20. The lowest BCUT2D eigenvalue weighted by Crippen LogP contribution is -2.56. The normalized spacial score (nSPS) is 23.4. The Hall–Kier alpha value is -2.64. The summed E-state index contributed by atoms with van der Waals surface area (Å²) in [5.41, 5.74) is 1.52. The van der Waals surface area contributed by atoms with Crippen LogP contribution in [0.25, 0.3) is 0 Å². The lowest BCUT2D eigenvalue weighted by atomic mass is 10.0. The largest absolute Gasteiger partial charge is 0.462 e. The van der Waals surface area contributed by atoms with Crippen molar-refractivity contribution in [2.75, 3.05) is 51.3 Å². The molecular formula is C24H37N7O3. The Morgan fingerprint density at radius 2 is 2.06 bits per heavy atom. The van der Waals surface area contributed by atoms with E-state index in [1.54, 1.807) is 4.90 Å². The molecule has 0 bridgehead atoms. The lowest BCUT2D eigenvalue weighted by Gasteiger charge is -2.42. The summed E-state index contributed by atoms with van der Waals surface area (Å²) in [4.78, 5) is 28.5. The molecule has 34 heavy (non-hydrogen) atoms. The number of carbonyl (C=O) groups is 1. The first-order valence-electron chi connectivity index (χ1n) is 12.3. The number of nitriles is 1. The molecule has 0 aromatic carbocycles. The van der Waals surface area contributed by atoms with Gasteiger partial charge in [-0.1, -0.05) is 0 Å². The highest BCUT2D eigenvalue weighted by atomic mass is 16.6. The van der Waals surface area contributed by atoms with Gasteiger partial charge >= 0.3 is 12.1 Å². The third-order valence-electron chi connectivity index (χ3n) is 6.71. The van der Waals surface area contributed by atoms with Crippen molar-refractivity contribution < 1.29 is 14.3 Å². The molecule has 1 amide bonds. The number of nitrogens with zero attached hydrogens (tertiary/aromatic N) is 6. The van der Waals surface area contributed by atoms with Crippen molar-refractivity contribution in [3.8, 4) is 12.1 Å². The van der Waals surface area contributed by atoms with E-state index in [1.807, 2.05) is 20.8 Å². The molecule has 10 nitrogen and oxygen atoms in total. The molecule has 2 fully saturated rings. The van der Waals surface area contributed by atoms with Crippen molar-refractivity contribution in [3.63, 3.8) is 0 Å². The van der Waals surface area contributed by atoms with Gasteiger partial charge in [0.1, 0.15) is 18.0 Å². The first kappa shape index (κ1) is 24.5. The number of hydrogen-bond acceptors (Lipinski definition) is 9. The van der Waals surface area contributed by atoms with Gasteiger partial charge in [-0.25, -0.2) is 4.79 Å². The van der Waals surface area contributed by atoms with Crippen LogP contribution in [0.2, 0.25) is 0 Å². The van der Waals surface area contributed by atoms with Crippen LogP contribution in [-0.4, -0.2) is 89.9 Å². The van der Waals surface area contributed by atoms with Gasteiger partial charge < -0.3 is 29.5 Å². The van der Waals surface area contributed by atoms with Crippen molar-refractivity contribution in [1.29, 1.82) is 5.26 Å². The fourth-order valence-electron chi connectivity index (χ4n) is 4.89. The lowest BCUT2D eigenvalue weighted by molar-refractivity contribution is 0.0144. The number of rotatable bonds is 5. The first-order valence-corrected chi connectivity index (χ1v) is 12.3. The molecule has 2 unspecified atom stereocenters. The van der Waals surface area contributed by atoms with Crippen LogP contribution in [0.15, 0.2) is 0 Å². The maximum atomic E-state index is 12.8. The minimum absolute atomic E-state index is 0.238. The van der Waals surface area contributed by atoms with Crippen molar-refractivity contribution in [2.45, 2.75) is 70.7 Å². The fraction of sp³-hybridized carbons (Fsp3) is 0.750. The molecule has 0 saturated carbocycles. The van der Waals surface area contributed by atoms with E-state index in [4.69, 9.17) is 19.4 Å². The number of aromatic nitrogens is 2. The Labute approximate surface area is 202 Å². The summed E-state index contributed by atoms with van der Waals surface area (Å²) in [5.74, 6) is 0.869. The zero-order chi connectivity index (χ0) is 24.3. The number of likely N-dealkylation sites (tertiary alicyclic amines) is 1. The van der Waals surface area contributed by atoms with Gasteiger partial charge in [0, 0.05) is 37.8 Å². The maximum Gasteiger partial charge on any atom is 0.410 e. The monoisotopic (exact) mass is 471 g/mol. The number of nitrogens with one attached hydrogen (secondary N) is 1. The quantitative estimate of drug-likeness (QED) is 0.689. The van der Waals surface area contributed by atoms with Crippen LogP contribution in [0.1, 0.15) is 51.3 Å². The van der Waals surface area contributed by atoms with E-state index in [0.29, 0.717) is 44.8 Å². The molecule has 4 heterocycles. The van der Waals surface area contributed by atoms with Crippen molar-refractivity contribution in [1.82, 2.24) is 25.1 Å². The van der Waals surface area contributed by atoms with Crippen LogP contribution in [0.5, 0.6) is 6.01 Å². The number of ether oxygens (including phenoxy) is 2. The Kier molecular flexibility index (Phi) is 7.43. The molecule has 2 atom stereocenters. The highest BCUT2D eigenvalue weighted by molar-refractivity contribution is 5.69. The standard InChI is InChI=1S/C24H37N7O3/c1-24(2,3)34-23(32)31-13-12-30(15-17(31)7-9-25)21-19-8-10-26-14-20(19)27-22(28-21)33-16-18-6-5-11-29(18)4/h17-18,26H,5-8,10-16H2,1-4H3. The number of likely N-dealkylation sites (N-methyl/N-ethyl adjacent to an activating group) is 1. The van der Waals surface area contributed by atoms with Crippen LogP contribution in [0.4, 0.5) is 10.6 Å². The van der Waals surface area contributed by atoms with Gasteiger partial charge in [0.25, 0.3) is 0 Å². The van der Waals surface area contributed by atoms with Gasteiger partial charge in [0.2, 0.25) is 0 Å². The maximum absolute atomic E-state index is 12.8. The highest BCUT2D eigenvalue weighted by Crippen LogP contribution is 2.29.